The molecule has 0 saturated carbocycles. The van der Waals surface area contributed by atoms with E-state index in [1.165, 1.54) is 7.11 Å². The van der Waals surface area contributed by atoms with Gasteiger partial charge in [-0.1, -0.05) is 0 Å². The summed E-state index contributed by atoms with van der Waals surface area (Å²) in [5.74, 6) is -0.427. The van der Waals surface area contributed by atoms with Crippen LogP contribution in [0.4, 0.5) is 18.9 Å². The highest BCUT2D eigenvalue weighted by Gasteiger charge is 2.28. The van der Waals surface area contributed by atoms with Crippen molar-refractivity contribution in [3.63, 3.8) is 0 Å². The Morgan fingerprint density at radius 2 is 1.96 bits per heavy atom. The molecule has 0 saturated heterocycles. The van der Waals surface area contributed by atoms with Crippen molar-refractivity contribution in [3.05, 3.63) is 36.0 Å². The van der Waals surface area contributed by atoms with Gasteiger partial charge in [-0.25, -0.2) is 4.79 Å². The molecule has 23 heavy (non-hydrogen) atoms. The fraction of sp³-hybridized carbons (Fsp3) is 0.286. The lowest BCUT2D eigenvalue weighted by Crippen LogP contribution is -2.19. The van der Waals surface area contributed by atoms with Crippen LogP contribution in [-0.4, -0.2) is 32.7 Å². The van der Waals surface area contributed by atoms with Gasteiger partial charge < -0.3 is 14.8 Å². The molecule has 0 aliphatic heterocycles. The third kappa shape index (κ3) is 7.19. The van der Waals surface area contributed by atoms with Gasteiger partial charge >= 0.3 is 12.3 Å². The van der Waals surface area contributed by atoms with Gasteiger partial charge in [0.1, 0.15) is 18.4 Å². The van der Waals surface area contributed by atoms with Gasteiger partial charge in [0.15, 0.2) is 5.57 Å². The number of anilines is 1. The number of esters is 1. The molecule has 0 aliphatic carbocycles. The van der Waals surface area contributed by atoms with Gasteiger partial charge in [0, 0.05) is 11.9 Å². The summed E-state index contributed by atoms with van der Waals surface area (Å²) >= 11 is 0. The topological polar surface area (TPSA) is 80.6 Å². The molecule has 1 N–H and O–H groups in total. The number of halogens is 3. The van der Waals surface area contributed by atoms with E-state index in [2.05, 4.69) is 14.8 Å². The van der Waals surface area contributed by atoms with E-state index in [1.807, 2.05) is 0 Å². The molecule has 0 atom stereocenters. The summed E-state index contributed by atoms with van der Waals surface area (Å²) in [6.45, 7) is -1.47. The van der Waals surface area contributed by atoms with Crippen LogP contribution in [0.1, 0.15) is 0 Å². The lowest BCUT2D eigenvalue weighted by molar-refractivity contribution is -0.326. The molecular formula is C14H13F3N2O4. The average Bonchev–Trinajstić information content (AvgIpc) is 2.52. The van der Waals surface area contributed by atoms with E-state index in [9.17, 15) is 18.0 Å². The Morgan fingerprint density at radius 1 is 1.30 bits per heavy atom. The van der Waals surface area contributed by atoms with Crippen molar-refractivity contribution in [2.45, 2.75) is 6.36 Å². The quantitative estimate of drug-likeness (QED) is 0.358. The number of hydrogen-bond donors (Lipinski definition) is 1. The summed E-state index contributed by atoms with van der Waals surface area (Å²) in [5, 5.41) is 11.5. The van der Waals surface area contributed by atoms with Gasteiger partial charge in [0.05, 0.1) is 13.7 Å². The molecule has 124 valence electrons. The fourth-order valence-electron chi connectivity index (χ4n) is 1.35. The van der Waals surface area contributed by atoms with E-state index >= 15 is 0 Å². The number of carbonyl (C=O) groups is 1. The van der Waals surface area contributed by atoms with Crippen LogP contribution in [0.5, 0.6) is 5.75 Å². The SMILES string of the molecule is COc1ccc(NC=C(C#N)C(=O)OCCOC(F)(F)F)cc1. The summed E-state index contributed by atoms with van der Waals surface area (Å²) in [7, 11) is 1.51. The molecule has 6 nitrogen and oxygen atoms in total. The Labute approximate surface area is 130 Å². The number of nitrogens with one attached hydrogen (secondary N) is 1. The van der Waals surface area contributed by atoms with Crippen LogP contribution in [0.25, 0.3) is 0 Å². The van der Waals surface area contributed by atoms with Crippen LogP contribution in [-0.2, 0) is 14.3 Å². The number of carbonyl (C=O) groups excluding carboxylic acids is 1. The Morgan fingerprint density at radius 3 is 2.48 bits per heavy atom. The molecule has 0 unspecified atom stereocenters. The van der Waals surface area contributed by atoms with Crippen molar-refractivity contribution in [3.8, 4) is 11.8 Å². The monoisotopic (exact) mass is 330 g/mol. The second-order valence-corrected chi connectivity index (χ2v) is 3.97. The highest BCUT2D eigenvalue weighted by molar-refractivity contribution is 5.93. The minimum Gasteiger partial charge on any atom is -0.497 e. The van der Waals surface area contributed by atoms with Crippen LogP contribution in [0.3, 0.4) is 0 Å². The lowest BCUT2D eigenvalue weighted by atomic mass is 10.3. The zero-order valence-electron chi connectivity index (χ0n) is 12.0. The summed E-state index contributed by atoms with van der Waals surface area (Å²) in [4.78, 5) is 11.5. The number of ether oxygens (including phenoxy) is 3. The highest BCUT2D eigenvalue weighted by Crippen LogP contribution is 2.16. The van der Waals surface area contributed by atoms with Crippen LogP contribution < -0.4 is 10.1 Å². The molecule has 0 spiro atoms. The predicted octanol–water partition coefficient (Wildman–Crippen LogP) is 2.59. The number of alkyl halides is 3. The van der Waals surface area contributed by atoms with Crippen molar-refractivity contribution < 1.29 is 32.2 Å². The van der Waals surface area contributed by atoms with Crippen LogP contribution in [0, 0.1) is 11.3 Å². The number of hydrogen-bond acceptors (Lipinski definition) is 6. The lowest BCUT2D eigenvalue weighted by Gasteiger charge is -2.08. The molecule has 0 aliphatic rings. The van der Waals surface area contributed by atoms with Gasteiger partial charge in [-0.2, -0.15) is 5.26 Å². The second-order valence-electron chi connectivity index (χ2n) is 3.97. The standard InChI is InChI=1S/C14H13F3N2O4/c1-21-12-4-2-11(3-5-12)19-9-10(8-18)13(20)22-6-7-23-14(15,16)17/h2-5,9,19H,6-7H2,1H3. The molecule has 9 heteroatoms. The molecule has 0 aromatic heterocycles. The first-order valence-electron chi connectivity index (χ1n) is 6.24. The van der Waals surface area contributed by atoms with Gasteiger partial charge in [0.25, 0.3) is 0 Å². The maximum Gasteiger partial charge on any atom is 0.522 e. The second kappa shape index (κ2) is 8.65. The first kappa shape index (κ1) is 18.3. The molecule has 0 amide bonds. The molecule has 0 radical (unpaired) electrons. The van der Waals surface area contributed by atoms with E-state index in [0.717, 1.165) is 6.20 Å². The summed E-state index contributed by atoms with van der Waals surface area (Å²) in [6.07, 6.45) is -3.70. The van der Waals surface area contributed by atoms with E-state index in [1.54, 1.807) is 30.3 Å². The first-order valence-corrected chi connectivity index (χ1v) is 6.24. The third-order valence-corrected chi connectivity index (χ3v) is 2.40. The zero-order valence-corrected chi connectivity index (χ0v) is 12.0. The molecule has 1 aromatic rings. The molecule has 1 aromatic carbocycles. The van der Waals surface area contributed by atoms with Gasteiger partial charge in [-0.3, -0.25) is 4.74 Å². The third-order valence-electron chi connectivity index (χ3n) is 2.40. The largest absolute Gasteiger partial charge is 0.522 e. The number of methoxy groups -OCH3 is 1. The van der Waals surface area contributed by atoms with Gasteiger partial charge in [-0.15, -0.1) is 13.2 Å². The normalized spacial score (nSPS) is 11.5. The summed E-state index contributed by atoms with van der Waals surface area (Å²) in [6, 6.07) is 8.20. The zero-order chi connectivity index (χ0) is 17.3. The van der Waals surface area contributed by atoms with E-state index in [0.29, 0.717) is 11.4 Å². The smallest absolute Gasteiger partial charge is 0.497 e. The average molecular weight is 330 g/mol. The molecule has 0 fully saturated rings. The van der Waals surface area contributed by atoms with Crippen molar-refractivity contribution >= 4 is 11.7 Å². The molecule has 0 bridgehead atoms. The van der Waals surface area contributed by atoms with Gasteiger partial charge in [-0.05, 0) is 24.3 Å². The van der Waals surface area contributed by atoms with Crippen LogP contribution >= 0.6 is 0 Å². The highest BCUT2D eigenvalue weighted by atomic mass is 19.4. The van der Waals surface area contributed by atoms with Crippen molar-refractivity contribution in [2.75, 3.05) is 25.6 Å². The Kier molecular flexibility index (Phi) is 6.89. The Hall–Kier alpha value is -2.73. The molecular weight excluding hydrogens is 317 g/mol. The van der Waals surface area contributed by atoms with Crippen LogP contribution in [0.2, 0.25) is 0 Å². The molecule has 0 heterocycles. The minimum absolute atomic E-state index is 0.396. The van der Waals surface area contributed by atoms with Crippen molar-refractivity contribution in [1.82, 2.24) is 0 Å². The minimum atomic E-state index is -4.80. The predicted molar refractivity (Wildman–Crippen MR) is 73.3 cm³/mol. The number of benzene rings is 1. The summed E-state index contributed by atoms with van der Waals surface area (Å²) in [5.41, 5.74) is 0.180. The summed E-state index contributed by atoms with van der Waals surface area (Å²) < 4.78 is 48.1. The maximum atomic E-state index is 11.7. The van der Waals surface area contributed by atoms with E-state index < -0.39 is 31.1 Å². The molecule has 1 rings (SSSR count). The van der Waals surface area contributed by atoms with Crippen LogP contribution in [0.15, 0.2) is 36.0 Å². The number of nitrogens with zero attached hydrogens (tertiary/aromatic N) is 1. The van der Waals surface area contributed by atoms with E-state index in [4.69, 9.17) is 10.00 Å². The fourth-order valence-corrected chi connectivity index (χ4v) is 1.35. The van der Waals surface area contributed by atoms with E-state index in [-0.39, 0.29) is 0 Å². The van der Waals surface area contributed by atoms with Crippen molar-refractivity contribution in [1.29, 1.82) is 5.26 Å². The maximum absolute atomic E-state index is 11.7. The number of nitriles is 1. The van der Waals surface area contributed by atoms with Gasteiger partial charge in [0.2, 0.25) is 0 Å². The number of rotatable bonds is 7. The van der Waals surface area contributed by atoms with Crippen molar-refractivity contribution in [2.24, 2.45) is 0 Å². The first-order chi connectivity index (χ1) is 10.9. The Balaban J connectivity index is 2.50. The Bertz CT molecular complexity index is 592.